The molecule has 194 valence electrons. The van der Waals surface area contributed by atoms with E-state index in [4.69, 9.17) is 0 Å². The van der Waals surface area contributed by atoms with Crippen LogP contribution in [0.3, 0.4) is 0 Å². The number of rotatable bonds is 6. The summed E-state index contributed by atoms with van der Waals surface area (Å²) in [7, 11) is 0. The molecular weight excluding hydrogens is 436 g/mol. The third kappa shape index (κ3) is 3.65. The molecule has 0 spiro atoms. The third-order valence-electron chi connectivity index (χ3n) is 10.7. The zero-order chi connectivity index (χ0) is 25.3. The van der Waals surface area contributed by atoms with E-state index in [2.05, 4.69) is 0 Å². The lowest BCUT2D eigenvalue weighted by Crippen LogP contribution is -2.62. The Morgan fingerprint density at radius 1 is 1.12 bits per heavy atom. The summed E-state index contributed by atoms with van der Waals surface area (Å²) in [6.45, 7) is 7.59. The van der Waals surface area contributed by atoms with Crippen LogP contribution in [0.15, 0.2) is 11.6 Å². The lowest BCUT2D eigenvalue weighted by atomic mass is 9.45. The van der Waals surface area contributed by atoms with Crippen molar-refractivity contribution < 1.29 is 35.4 Å². The van der Waals surface area contributed by atoms with Crippen molar-refractivity contribution in [2.75, 3.05) is 6.61 Å². The molecule has 0 aliphatic heterocycles. The highest BCUT2D eigenvalue weighted by atomic mass is 16.3. The number of aliphatic hydroxyl groups excluding tert-OH is 4. The van der Waals surface area contributed by atoms with Crippen molar-refractivity contribution in [3.8, 4) is 0 Å². The van der Waals surface area contributed by atoms with Crippen LogP contribution >= 0.6 is 0 Å². The van der Waals surface area contributed by atoms with E-state index in [1.807, 2.05) is 20.8 Å². The molecule has 0 aromatic heterocycles. The number of allylic oxidation sites excluding steroid dienone is 1. The standard InChI is InChI=1S/C27H44O7/c1-15(14-28)5-6-23(32)26(4,33)22-8-10-27(34)17-11-19(29)18-12-20(30)21(31)13-24(18,2)16(17)7-9-25(22,27)3/h11,15-16,18,20-23,28,30-34H,5-10,12-14H2,1-4H3/t15?,16?,18?,20?,21?,22?,23?,24-,25-,26?,27-/m1/s1. The molecule has 0 aromatic carbocycles. The predicted molar refractivity (Wildman–Crippen MR) is 127 cm³/mol. The minimum atomic E-state index is -1.42. The van der Waals surface area contributed by atoms with Gasteiger partial charge in [0.15, 0.2) is 5.78 Å². The van der Waals surface area contributed by atoms with Gasteiger partial charge in [0.2, 0.25) is 0 Å². The van der Waals surface area contributed by atoms with E-state index in [0.29, 0.717) is 38.5 Å². The van der Waals surface area contributed by atoms with Crippen LogP contribution < -0.4 is 0 Å². The van der Waals surface area contributed by atoms with Crippen LogP contribution in [0.25, 0.3) is 0 Å². The Morgan fingerprint density at radius 2 is 1.79 bits per heavy atom. The average molecular weight is 481 g/mol. The second-order valence-corrected chi connectivity index (χ2v) is 12.7. The molecule has 34 heavy (non-hydrogen) atoms. The van der Waals surface area contributed by atoms with E-state index >= 15 is 0 Å². The summed E-state index contributed by atoms with van der Waals surface area (Å²) in [5.41, 5.74) is -3.21. The van der Waals surface area contributed by atoms with Crippen molar-refractivity contribution >= 4 is 5.78 Å². The Labute approximate surface area is 202 Å². The maximum absolute atomic E-state index is 13.3. The largest absolute Gasteiger partial charge is 0.396 e. The van der Waals surface area contributed by atoms with Gasteiger partial charge in [-0.15, -0.1) is 0 Å². The summed E-state index contributed by atoms with van der Waals surface area (Å²) in [6.07, 6.45) is 2.65. The highest BCUT2D eigenvalue weighted by molar-refractivity contribution is 5.95. The van der Waals surface area contributed by atoms with Crippen LogP contribution in [0.4, 0.5) is 0 Å². The van der Waals surface area contributed by atoms with Crippen molar-refractivity contribution in [2.45, 2.75) is 109 Å². The zero-order valence-corrected chi connectivity index (χ0v) is 21.1. The maximum Gasteiger partial charge on any atom is 0.159 e. The lowest BCUT2D eigenvalue weighted by Gasteiger charge is -2.60. The molecule has 0 saturated heterocycles. The third-order valence-corrected chi connectivity index (χ3v) is 10.7. The number of fused-ring (bicyclic) bond motifs is 5. The summed E-state index contributed by atoms with van der Waals surface area (Å²) in [5.74, 6) is -0.859. The fourth-order valence-electron chi connectivity index (χ4n) is 8.37. The van der Waals surface area contributed by atoms with Crippen LogP contribution in [0.2, 0.25) is 0 Å². The van der Waals surface area contributed by atoms with Crippen LogP contribution in [0.5, 0.6) is 0 Å². The number of hydrogen-bond donors (Lipinski definition) is 6. The van der Waals surface area contributed by atoms with Crippen LogP contribution in [0, 0.1) is 34.5 Å². The van der Waals surface area contributed by atoms with Gasteiger partial charge in [-0.3, -0.25) is 4.79 Å². The molecule has 4 aliphatic rings. The van der Waals surface area contributed by atoms with Gasteiger partial charge in [-0.2, -0.15) is 0 Å². The molecule has 7 heteroatoms. The van der Waals surface area contributed by atoms with Gasteiger partial charge in [0.25, 0.3) is 0 Å². The van der Waals surface area contributed by atoms with Gasteiger partial charge < -0.3 is 30.6 Å². The SMILES string of the molecule is CC(CO)CCC(O)C(C)(O)C1CC[C@@]2(O)C3=CC(=O)C4CC(O)C(O)C[C@]4(C)C3CC[C@]12C. The Kier molecular flexibility index (Phi) is 6.66. The van der Waals surface area contributed by atoms with E-state index in [1.54, 1.807) is 13.0 Å². The molecular formula is C27H44O7. The van der Waals surface area contributed by atoms with E-state index in [1.165, 1.54) is 0 Å². The van der Waals surface area contributed by atoms with E-state index in [9.17, 15) is 35.4 Å². The van der Waals surface area contributed by atoms with Gasteiger partial charge in [-0.1, -0.05) is 20.8 Å². The fourth-order valence-corrected chi connectivity index (χ4v) is 8.37. The summed E-state index contributed by atoms with van der Waals surface area (Å²) in [6, 6.07) is 0. The Morgan fingerprint density at radius 3 is 2.44 bits per heavy atom. The van der Waals surface area contributed by atoms with Gasteiger partial charge in [0.1, 0.15) is 0 Å². The molecule has 3 fully saturated rings. The van der Waals surface area contributed by atoms with Crippen molar-refractivity contribution in [1.29, 1.82) is 0 Å². The Bertz CT molecular complexity index is 839. The smallest absolute Gasteiger partial charge is 0.159 e. The van der Waals surface area contributed by atoms with Gasteiger partial charge in [-0.05, 0) is 93.1 Å². The molecule has 4 aliphatic carbocycles. The van der Waals surface area contributed by atoms with Crippen LogP contribution in [-0.2, 0) is 4.79 Å². The van der Waals surface area contributed by atoms with E-state index in [0.717, 1.165) is 12.0 Å². The molecule has 7 nitrogen and oxygen atoms in total. The number of ketones is 1. The van der Waals surface area contributed by atoms with Crippen LogP contribution in [0.1, 0.15) is 79.1 Å². The maximum atomic E-state index is 13.3. The van der Waals surface area contributed by atoms with Crippen molar-refractivity contribution in [2.24, 2.45) is 34.5 Å². The highest BCUT2D eigenvalue weighted by Gasteiger charge is 2.69. The number of hydrogen-bond acceptors (Lipinski definition) is 7. The first-order valence-electron chi connectivity index (χ1n) is 13.1. The fraction of sp³-hybridized carbons (Fsp3) is 0.889. The minimum absolute atomic E-state index is 0.0326. The minimum Gasteiger partial charge on any atom is -0.396 e. The Hall–Kier alpha value is -0.830. The molecule has 6 N–H and O–H groups in total. The first kappa shape index (κ1) is 26.2. The number of carbonyl (C=O) groups excluding carboxylic acids is 1. The average Bonchev–Trinajstić information content (AvgIpc) is 3.06. The van der Waals surface area contributed by atoms with Gasteiger partial charge >= 0.3 is 0 Å². The van der Waals surface area contributed by atoms with Crippen molar-refractivity contribution in [3.63, 3.8) is 0 Å². The second-order valence-electron chi connectivity index (χ2n) is 12.7. The summed E-state index contributed by atoms with van der Waals surface area (Å²) >= 11 is 0. The first-order valence-corrected chi connectivity index (χ1v) is 13.1. The van der Waals surface area contributed by atoms with Gasteiger partial charge in [-0.25, -0.2) is 0 Å². The summed E-state index contributed by atoms with van der Waals surface area (Å²) in [4.78, 5) is 13.3. The molecule has 0 radical (unpaired) electrons. The van der Waals surface area contributed by atoms with Gasteiger partial charge in [0, 0.05) is 17.9 Å². The topological polar surface area (TPSA) is 138 Å². The highest BCUT2D eigenvalue weighted by Crippen LogP contribution is 2.68. The summed E-state index contributed by atoms with van der Waals surface area (Å²) in [5, 5.41) is 64.7. The molecule has 0 heterocycles. The first-order chi connectivity index (χ1) is 15.7. The molecule has 3 saturated carbocycles. The number of carbonyl (C=O) groups is 1. The van der Waals surface area contributed by atoms with Gasteiger partial charge in [0.05, 0.1) is 29.5 Å². The second kappa shape index (κ2) is 8.63. The predicted octanol–water partition coefficient (Wildman–Crippen LogP) is 1.71. The van der Waals surface area contributed by atoms with E-state index in [-0.39, 0.29) is 42.5 Å². The molecule has 0 aromatic rings. The lowest BCUT2D eigenvalue weighted by molar-refractivity contribution is -0.176. The van der Waals surface area contributed by atoms with Crippen LogP contribution in [-0.4, -0.2) is 72.5 Å². The normalized spacial score (nSPS) is 47.6. The quantitative estimate of drug-likeness (QED) is 0.340. The molecule has 0 amide bonds. The van der Waals surface area contributed by atoms with Crippen molar-refractivity contribution in [3.05, 3.63) is 11.6 Å². The van der Waals surface area contributed by atoms with Crippen molar-refractivity contribution in [1.82, 2.24) is 0 Å². The molecule has 0 bridgehead atoms. The Balaban J connectivity index is 1.65. The number of aliphatic hydroxyl groups is 6. The molecule has 11 atom stereocenters. The monoisotopic (exact) mass is 480 g/mol. The van der Waals surface area contributed by atoms with E-state index < -0.39 is 40.3 Å². The summed E-state index contributed by atoms with van der Waals surface area (Å²) < 4.78 is 0. The zero-order valence-electron chi connectivity index (χ0n) is 21.1. The molecule has 4 rings (SSSR count). The molecule has 8 unspecified atom stereocenters.